The minimum Gasteiger partial charge on any atom is -0.310 e. The van der Waals surface area contributed by atoms with Crippen LogP contribution in [0.3, 0.4) is 0 Å². The van der Waals surface area contributed by atoms with Crippen molar-refractivity contribution in [3.8, 4) is 11.4 Å². The number of aromatic nitrogens is 3. The molecule has 0 N–H and O–H groups in total. The van der Waals surface area contributed by atoms with Gasteiger partial charge >= 0.3 is 0 Å². The van der Waals surface area contributed by atoms with Gasteiger partial charge in [0.05, 0.1) is 10.8 Å². The third kappa shape index (κ3) is 2.65. The molecule has 106 valence electrons. The van der Waals surface area contributed by atoms with Gasteiger partial charge in [0.2, 0.25) is 0 Å². The lowest BCUT2D eigenvalue weighted by Crippen LogP contribution is -2.04. The maximum Gasteiger partial charge on any atom is 0.273 e. The van der Waals surface area contributed by atoms with Gasteiger partial charge in [-0.2, -0.15) is 0 Å². The van der Waals surface area contributed by atoms with E-state index in [-0.39, 0.29) is 16.5 Å². The molecule has 0 unspecified atom stereocenters. The topological polar surface area (TPSA) is 73.8 Å². The second kappa shape index (κ2) is 6.00. The van der Waals surface area contributed by atoms with Crippen LogP contribution in [0, 0.1) is 17.0 Å². The normalized spacial score (nSPS) is 10.8. The largest absolute Gasteiger partial charge is 0.310 e. The minimum atomic E-state index is -0.387. The predicted octanol–water partition coefficient (Wildman–Crippen LogP) is 3.31. The van der Waals surface area contributed by atoms with Crippen LogP contribution in [0.4, 0.5) is 5.69 Å². The first-order valence-corrected chi connectivity index (χ1v) is 6.85. The van der Waals surface area contributed by atoms with E-state index in [0.29, 0.717) is 22.8 Å². The Morgan fingerprint density at radius 1 is 1.40 bits per heavy atom. The second-order valence-electron chi connectivity index (χ2n) is 4.48. The van der Waals surface area contributed by atoms with E-state index < -0.39 is 0 Å². The first-order valence-electron chi connectivity index (χ1n) is 6.32. The molecule has 7 heteroatoms. The zero-order chi connectivity index (χ0) is 14.7. The predicted molar refractivity (Wildman–Crippen MR) is 76.7 cm³/mol. The number of halogens is 1. The summed E-state index contributed by atoms with van der Waals surface area (Å²) in [5, 5.41) is 19.2. The van der Waals surface area contributed by atoms with E-state index in [1.54, 1.807) is 13.0 Å². The van der Waals surface area contributed by atoms with Crippen LogP contribution in [0.1, 0.15) is 24.7 Å². The van der Waals surface area contributed by atoms with Crippen LogP contribution in [0.25, 0.3) is 11.4 Å². The lowest BCUT2D eigenvalue weighted by Gasteiger charge is -2.08. The molecule has 0 amide bonds. The van der Waals surface area contributed by atoms with Crippen molar-refractivity contribution in [2.75, 3.05) is 0 Å². The number of alkyl halides is 1. The monoisotopic (exact) mass is 294 g/mol. The number of nitro benzene ring substituents is 1. The highest BCUT2D eigenvalue weighted by molar-refractivity contribution is 6.16. The van der Waals surface area contributed by atoms with Crippen molar-refractivity contribution in [3.63, 3.8) is 0 Å². The van der Waals surface area contributed by atoms with Crippen molar-refractivity contribution in [1.82, 2.24) is 14.8 Å². The van der Waals surface area contributed by atoms with E-state index in [4.69, 9.17) is 11.6 Å². The fourth-order valence-corrected chi connectivity index (χ4v) is 2.25. The molecule has 20 heavy (non-hydrogen) atoms. The van der Waals surface area contributed by atoms with Gasteiger partial charge < -0.3 is 4.57 Å². The molecule has 0 saturated heterocycles. The molecule has 0 aliphatic rings. The smallest absolute Gasteiger partial charge is 0.273 e. The van der Waals surface area contributed by atoms with Crippen LogP contribution in [-0.2, 0) is 12.4 Å². The molecule has 6 nitrogen and oxygen atoms in total. The number of rotatable bonds is 5. The maximum absolute atomic E-state index is 11.0. The van der Waals surface area contributed by atoms with Gasteiger partial charge in [-0.25, -0.2) is 0 Å². The molecule has 2 rings (SSSR count). The number of nitrogens with zero attached hydrogens (tertiary/aromatic N) is 4. The minimum absolute atomic E-state index is 0.0842. The Balaban J connectivity index is 2.54. The average molecular weight is 295 g/mol. The van der Waals surface area contributed by atoms with Crippen molar-refractivity contribution in [1.29, 1.82) is 0 Å². The SMILES string of the molecule is CCCn1c(CCl)nnc1-c1ccc(C)c([N+](=O)[O-])c1. The van der Waals surface area contributed by atoms with Crippen LogP contribution in [0.15, 0.2) is 18.2 Å². The molecule has 0 fully saturated rings. The third-order valence-electron chi connectivity index (χ3n) is 3.06. The van der Waals surface area contributed by atoms with Crippen molar-refractivity contribution >= 4 is 17.3 Å². The van der Waals surface area contributed by atoms with E-state index in [0.717, 1.165) is 13.0 Å². The maximum atomic E-state index is 11.0. The molecule has 1 heterocycles. The molecule has 0 bridgehead atoms. The van der Waals surface area contributed by atoms with Crippen LogP contribution in [0.2, 0.25) is 0 Å². The molecular formula is C13H15ClN4O2. The van der Waals surface area contributed by atoms with Crippen LogP contribution >= 0.6 is 11.6 Å². The fourth-order valence-electron chi connectivity index (χ4n) is 2.05. The lowest BCUT2D eigenvalue weighted by atomic mass is 10.1. The molecule has 0 aliphatic carbocycles. The summed E-state index contributed by atoms with van der Waals surface area (Å²) in [5.41, 5.74) is 1.39. The van der Waals surface area contributed by atoms with Gasteiger partial charge in [-0.05, 0) is 13.3 Å². The highest BCUT2D eigenvalue weighted by Gasteiger charge is 2.17. The van der Waals surface area contributed by atoms with E-state index in [1.807, 2.05) is 17.6 Å². The van der Waals surface area contributed by atoms with Gasteiger partial charge in [0.15, 0.2) is 5.82 Å². The molecule has 0 spiro atoms. The van der Waals surface area contributed by atoms with E-state index in [1.165, 1.54) is 6.07 Å². The summed E-state index contributed by atoms with van der Waals surface area (Å²) in [5.74, 6) is 1.55. The molecule has 0 radical (unpaired) electrons. The van der Waals surface area contributed by atoms with E-state index in [2.05, 4.69) is 10.2 Å². The third-order valence-corrected chi connectivity index (χ3v) is 3.30. The second-order valence-corrected chi connectivity index (χ2v) is 4.75. The number of hydrogen-bond donors (Lipinski definition) is 0. The molecule has 0 saturated carbocycles. The molecular weight excluding hydrogens is 280 g/mol. The van der Waals surface area contributed by atoms with Crippen molar-refractivity contribution in [2.45, 2.75) is 32.7 Å². The first-order chi connectivity index (χ1) is 9.58. The first kappa shape index (κ1) is 14.5. The van der Waals surface area contributed by atoms with Gasteiger partial charge in [0, 0.05) is 23.7 Å². The Hall–Kier alpha value is -1.95. The Kier molecular flexibility index (Phi) is 4.34. The zero-order valence-electron chi connectivity index (χ0n) is 11.3. The molecule has 1 aromatic carbocycles. The van der Waals surface area contributed by atoms with Gasteiger partial charge in [-0.15, -0.1) is 21.8 Å². The summed E-state index contributed by atoms with van der Waals surface area (Å²) in [6.07, 6.45) is 0.906. The summed E-state index contributed by atoms with van der Waals surface area (Å²) < 4.78 is 1.90. The lowest BCUT2D eigenvalue weighted by molar-refractivity contribution is -0.385. The van der Waals surface area contributed by atoms with Gasteiger partial charge in [-0.3, -0.25) is 10.1 Å². The average Bonchev–Trinajstić information content (AvgIpc) is 2.82. The standard InChI is InChI=1S/C13H15ClN4O2/c1-3-6-17-12(8-14)15-16-13(17)10-5-4-9(2)11(7-10)18(19)20/h4-5,7H,3,6,8H2,1-2H3. The molecule has 0 aliphatic heterocycles. The summed E-state index contributed by atoms with van der Waals surface area (Å²) in [6, 6.07) is 5.07. The van der Waals surface area contributed by atoms with E-state index >= 15 is 0 Å². The summed E-state index contributed by atoms with van der Waals surface area (Å²) in [4.78, 5) is 10.6. The Bertz CT molecular complexity index is 639. The van der Waals surface area contributed by atoms with Crippen LogP contribution in [-0.4, -0.2) is 19.7 Å². The Morgan fingerprint density at radius 3 is 2.75 bits per heavy atom. The summed E-state index contributed by atoms with van der Waals surface area (Å²) in [7, 11) is 0. The number of hydrogen-bond acceptors (Lipinski definition) is 4. The number of aryl methyl sites for hydroxylation is 1. The quantitative estimate of drug-likeness (QED) is 0.482. The van der Waals surface area contributed by atoms with E-state index in [9.17, 15) is 10.1 Å². The van der Waals surface area contributed by atoms with Gasteiger partial charge in [0.25, 0.3) is 5.69 Å². The highest BCUT2D eigenvalue weighted by Crippen LogP contribution is 2.26. The number of benzene rings is 1. The Morgan fingerprint density at radius 2 is 2.15 bits per heavy atom. The van der Waals surface area contributed by atoms with Crippen LogP contribution < -0.4 is 0 Å². The molecule has 0 atom stereocenters. The fraction of sp³-hybridized carbons (Fsp3) is 0.385. The zero-order valence-corrected chi connectivity index (χ0v) is 12.1. The summed E-state index contributed by atoms with van der Waals surface area (Å²) in [6.45, 7) is 4.48. The summed E-state index contributed by atoms with van der Waals surface area (Å²) >= 11 is 5.84. The molecule has 1 aromatic heterocycles. The van der Waals surface area contributed by atoms with Crippen molar-refractivity contribution in [3.05, 3.63) is 39.7 Å². The Labute approximate surface area is 121 Å². The van der Waals surface area contributed by atoms with Gasteiger partial charge in [0.1, 0.15) is 5.82 Å². The van der Waals surface area contributed by atoms with Crippen LogP contribution in [0.5, 0.6) is 0 Å². The highest BCUT2D eigenvalue weighted by atomic mass is 35.5. The molecule has 2 aromatic rings. The number of nitro groups is 1. The van der Waals surface area contributed by atoms with Crippen molar-refractivity contribution < 1.29 is 4.92 Å². The van der Waals surface area contributed by atoms with Crippen molar-refractivity contribution in [2.24, 2.45) is 0 Å². The van der Waals surface area contributed by atoms with Gasteiger partial charge in [-0.1, -0.05) is 19.1 Å².